The van der Waals surface area contributed by atoms with Gasteiger partial charge < -0.3 is 4.52 Å². The van der Waals surface area contributed by atoms with Crippen LogP contribution < -0.4 is 0 Å². The number of phosphoric acid groups is 1. The number of allylic oxidation sites excluding steroid dienone is 3. The predicted octanol–water partition coefficient (Wildman–Crippen LogP) is 5.48. The summed E-state index contributed by atoms with van der Waals surface area (Å²) in [6.45, 7) is 2.24. The monoisotopic (exact) mass is 318 g/mol. The van der Waals surface area contributed by atoms with Crippen molar-refractivity contribution in [2.75, 3.05) is 0 Å². The summed E-state index contributed by atoms with van der Waals surface area (Å²) in [5, 5.41) is 0. The Labute approximate surface area is 129 Å². The van der Waals surface area contributed by atoms with Gasteiger partial charge in [-0.25, -0.2) is 4.57 Å². The van der Waals surface area contributed by atoms with Gasteiger partial charge in [0.15, 0.2) is 0 Å². The lowest BCUT2D eigenvalue weighted by molar-refractivity contribution is 0.258. The van der Waals surface area contributed by atoms with Crippen molar-refractivity contribution in [2.45, 2.75) is 77.6 Å². The second-order valence-electron chi connectivity index (χ2n) is 5.32. The molecule has 0 amide bonds. The van der Waals surface area contributed by atoms with Gasteiger partial charge in [-0.15, -0.1) is 0 Å². The molecule has 0 heterocycles. The average molecular weight is 318 g/mol. The minimum Gasteiger partial charge on any atom is -0.412 e. The zero-order chi connectivity index (χ0) is 15.8. The highest BCUT2D eigenvalue weighted by molar-refractivity contribution is 7.46. The van der Waals surface area contributed by atoms with Crippen LogP contribution in [0.15, 0.2) is 24.5 Å². The highest BCUT2D eigenvalue weighted by Gasteiger charge is 2.10. The summed E-state index contributed by atoms with van der Waals surface area (Å²) in [5.41, 5.74) is 0. The molecule has 0 aliphatic rings. The second kappa shape index (κ2) is 14.4. The van der Waals surface area contributed by atoms with E-state index in [9.17, 15) is 4.57 Å². The second-order valence-corrected chi connectivity index (χ2v) is 6.52. The molecule has 124 valence electrons. The maximum atomic E-state index is 10.4. The third-order valence-corrected chi connectivity index (χ3v) is 3.64. The van der Waals surface area contributed by atoms with Crippen molar-refractivity contribution in [3.8, 4) is 0 Å². The first kappa shape index (κ1) is 20.4. The van der Waals surface area contributed by atoms with Crippen LogP contribution in [0.3, 0.4) is 0 Å². The fraction of sp³-hybridized carbons (Fsp3) is 0.750. The first-order chi connectivity index (χ1) is 10.1. The molecule has 0 fully saturated rings. The maximum Gasteiger partial charge on any atom is 0.524 e. The van der Waals surface area contributed by atoms with Crippen LogP contribution in [0, 0.1) is 0 Å². The van der Waals surface area contributed by atoms with Gasteiger partial charge in [0.2, 0.25) is 0 Å². The molecule has 0 unspecified atom stereocenters. The van der Waals surface area contributed by atoms with E-state index in [2.05, 4.69) is 11.4 Å². The summed E-state index contributed by atoms with van der Waals surface area (Å²) in [6.07, 6.45) is 20.5. The van der Waals surface area contributed by atoms with Crippen molar-refractivity contribution >= 4 is 7.82 Å². The van der Waals surface area contributed by atoms with Crippen LogP contribution in [0.25, 0.3) is 0 Å². The summed E-state index contributed by atoms with van der Waals surface area (Å²) < 4.78 is 14.5. The summed E-state index contributed by atoms with van der Waals surface area (Å²) in [4.78, 5) is 16.9. The van der Waals surface area contributed by atoms with Gasteiger partial charge in [-0.05, 0) is 18.9 Å². The number of hydrogen-bond acceptors (Lipinski definition) is 2. The zero-order valence-corrected chi connectivity index (χ0v) is 14.1. The minimum atomic E-state index is -4.37. The van der Waals surface area contributed by atoms with Crippen molar-refractivity contribution in [1.82, 2.24) is 0 Å². The molecule has 5 heteroatoms. The summed E-state index contributed by atoms with van der Waals surface area (Å²) in [7, 11) is -4.37. The third-order valence-electron chi connectivity index (χ3n) is 3.25. The largest absolute Gasteiger partial charge is 0.524 e. The van der Waals surface area contributed by atoms with Gasteiger partial charge in [0.1, 0.15) is 0 Å². The van der Waals surface area contributed by atoms with Crippen LogP contribution in [0.4, 0.5) is 0 Å². The Hall–Kier alpha value is -0.570. The quantitative estimate of drug-likeness (QED) is 0.193. The highest BCUT2D eigenvalue weighted by Crippen LogP contribution is 2.35. The van der Waals surface area contributed by atoms with Gasteiger partial charge in [0.05, 0.1) is 6.26 Å². The topological polar surface area (TPSA) is 66.8 Å². The molecular formula is C16H31O4P. The first-order valence-corrected chi connectivity index (χ1v) is 9.65. The summed E-state index contributed by atoms with van der Waals surface area (Å²) in [6, 6.07) is 0. The molecule has 4 nitrogen and oxygen atoms in total. The number of rotatable bonds is 14. The Kier molecular flexibility index (Phi) is 14.0. The van der Waals surface area contributed by atoms with Gasteiger partial charge >= 0.3 is 7.82 Å². The van der Waals surface area contributed by atoms with Crippen molar-refractivity contribution in [1.29, 1.82) is 0 Å². The standard InChI is InChI=1S/C16H31O4P/c1-2-3-4-5-6-7-8-9-10-11-12-13-14-15-16-20-21(17,18)19/h13-16H,2-12H2,1H3,(H2,17,18,19)/b14-13+,16-15+. The zero-order valence-electron chi connectivity index (χ0n) is 13.2. The number of unbranched alkanes of at least 4 members (excludes halogenated alkanes) is 10. The number of hydrogen-bond donors (Lipinski definition) is 2. The molecule has 0 radical (unpaired) electrons. The van der Waals surface area contributed by atoms with Gasteiger partial charge in [0.25, 0.3) is 0 Å². The normalized spacial score (nSPS) is 12.5. The SMILES string of the molecule is CCCCCCCCCCCC/C=C/C=C/OP(=O)(O)O. The van der Waals surface area contributed by atoms with Gasteiger partial charge in [-0.1, -0.05) is 76.9 Å². The molecule has 0 aliphatic heterocycles. The minimum absolute atomic E-state index is 0.997. The molecule has 0 aliphatic carbocycles. The Balaban J connectivity index is 3.23. The van der Waals surface area contributed by atoms with Crippen molar-refractivity contribution in [3.05, 3.63) is 24.5 Å². The first-order valence-electron chi connectivity index (χ1n) is 8.12. The fourth-order valence-corrected chi connectivity index (χ4v) is 2.31. The van der Waals surface area contributed by atoms with Crippen molar-refractivity contribution in [3.63, 3.8) is 0 Å². The van der Waals surface area contributed by atoms with E-state index >= 15 is 0 Å². The van der Waals surface area contributed by atoms with E-state index in [1.807, 2.05) is 6.08 Å². The molecule has 0 aromatic heterocycles. The predicted molar refractivity (Wildman–Crippen MR) is 87.9 cm³/mol. The van der Waals surface area contributed by atoms with Gasteiger partial charge in [0, 0.05) is 0 Å². The van der Waals surface area contributed by atoms with Gasteiger partial charge in [-0.2, -0.15) is 0 Å². The smallest absolute Gasteiger partial charge is 0.412 e. The van der Waals surface area contributed by atoms with Crippen LogP contribution in [0.1, 0.15) is 77.6 Å². The van der Waals surface area contributed by atoms with Crippen LogP contribution in [0.5, 0.6) is 0 Å². The molecule has 2 N–H and O–H groups in total. The van der Waals surface area contributed by atoms with E-state index in [1.165, 1.54) is 70.3 Å². The lowest BCUT2D eigenvalue weighted by atomic mass is 10.1. The molecule has 0 aromatic carbocycles. The Morgan fingerprint density at radius 2 is 1.38 bits per heavy atom. The van der Waals surface area contributed by atoms with E-state index in [1.54, 1.807) is 6.08 Å². The van der Waals surface area contributed by atoms with Crippen molar-refractivity contribution < 1.29 is 18.9 Å². The van der Waals surface area contributed by atoms with Crippen LogP contribution >= 0.6 is 7.82 Å². The number of phosphoric ester groups is 1. The lowest BCUT2D eigenvalue weighted by Gasteiger charge is -2.01. The fourth-order valence-electron chi connectivity index (χ4n) is 2.08. The maximum absolute atomic E-state index is 10.4. The van der Waals surface area contributed by atoms with Crippen LogP contribution in [-0.4, -0.2) is 9.79 Å². The van der Waals surface area contributed by atoms with E-state index in [-0.39, 0.29) is 0 Å². The lowest BCUT2D eigenvalue weighted by Crippen LogP contribution is -1.81. The Morgan fingerprint density at radius 3 is 1.90 bits per heavy atom. The van der Waals surface area contributed by atoms with E-state index < -0.39 is 7.82 Å². The van der Waals surface area contributed by atoms with E-state index in [0.717, 1.165) is 12.7 Å². The Bertz CT molecular complexity index is 320. The van der Waals surface area contributed by atoms with Gasteiger partial charge in [-0.3, -0.25) is 9.79 Å². The molecule has 0 aromatic rings. The van der Waals surface area contributed by atoms with E-state index in [4.69, 9.17) is 9.79 Å². The molecule has 0 atom stereocenters. The molecule has 21 heavy (non-hydrogen) atoms. The van der Waals surface area contributed by atoms with Crippen LogP contribution in [-0.2, 0) is 9.09 Å². The molecular weight excluding hydrogens is 287 g/mol. The highest BCUT2D eigenvalue weighted by atomic mass is 31.2. The van der Waals surface area contributed by atoms with E-state index in [0.29, 0.717) is 0 Å². The molecule has 0 rings (SSSR count). The van der Waals surface area contributed by atoms with Crippen LogP contribution in [0.2, 0.25) is 0 Å². The Morgan fingerprint density at radius 1 is 0.857 bits per heavy atom. The molecule has 0 bridgehead atoms. The molecule has 0 saturated carbocycles. The summed E-state index contributed by atoms with van der Waals surface area (Å²) >= 11 is 0. The van der Waals surface area contributed by atoms with Crippen molar-refractivity contribution in [2.24, 2.45) is 0 Å². The molecule has 0 spiro atoms. The third kappa shape index (κ3) is 19.4. The average Bonchev–Trinajstić information content (AvgIpc) is 2.42. The summed E-state index contributed by atoms with van der Waals surface area (Å²) in [5.74, 6) is 0. The molecule has 0 saturated heterocycles.